The van der Waals surface area contributed by atoms with Gasteiger partial charge < -0.3 is 24.3 Å². The Kier molecular flexibility index (Phi) is 5.90. The number of halogens is 1. The Morgan fingerprint density at radius 3 is 2.83 bits per heavy atom. The van der Waals surface area contributed by atoms with Gasteiger partial charge in [0.25, 0.3) is 5.91 Å². The van der Waals surface area contributed by atoms with E-state index in [4.69, 9.17) is 30.5 Å². The van der Waals surface area contributed by atoms with Gasteiger partial charge >= 0.3 is 0 Å². The lowest BCUT2D eigenvalue weighted by Crippen LogP contribution is -2.15. The highest BCUT2D eigenvalue weighted by atomic mass is 35.5. The normalized spacial score (nSPS) is 11.8. The number of ether oxygens (including phenoxy) is 4. The minimum atomic E-state index is -0.421. The summed E-state index contributed by atoms with van der Waals surface area (Å²) < 4.78 is 21.8. The first-order valence-electron chi connectivity index (χ1n) is 9.34. The van der Waals surface area contributed by atoms with Crippen LogP contribution in [0, 0.1) is 0 Å². The van der Waals surface area contributed by atoms with Gasteiger partial charge in [-0.1, -0.05) is 23.7 Å². The third kappa shape index (κ3) is 4.58. The number of pyridine rings is 1. The number of benzene rings is 2. The smallest absolute Gasteiger partial charge is 0.275 e. The molecule has 1 N–H and O–H groups in total. The molecule has 1 aliphatic heterocycles. The summed E-state index contributed by atoms with van der Waals surface area (Å²) in [6.45, 7) is 2.82. The van der Waals surface area contributed by atoms with Crippen molar-refractivity contribution >= 4 is 23.2 Å². The molecule has 0 saturated carbocycles. The zero-order valence-electron chi connectivity index (χ0n) is 16.2. The third-order valence-electron chi connectivity index (χ3n) is 4.26. The van der Waals surface area contributed by atoms with E-state index in [1.807, 2.05) is 31.2 Å². The van der Waals surface area contributed by atoms with Crippen LogP contribution >= 0.6 is 11.6 Å². The molecule has 0 atom stereocenters. The Morgan fingerprint density at radius 2 is 1.97 bits per heavy atom. The van der Waals surface area contributed by atoms with Crippen molar-refractivity contribution in [3.05, 3.63) is 70.9 Å². The second-order valence-corrected chi connectivity index (χ2v) is 6.78. The zero-order chi connectivity index (χ0) is 20.9. The highest BCUT2D eigenvalue weighted by molar-refractivity contribution is 6.34. The van der Waals surface area contributed by atoms with Crippen molar-refractivity contribution in [1.82, 2.24) is 4.98 Å². The van der Waals surface area contributed by atoms with Gasteiger partial charge in [-0.05, 0) is 42.8 Å². The molecule has 1 amide bonds. The fourth-order valence-corrected chi connectivity index (χ4v) is 3.07. The minimum absolute atomic E-state index is 0.102. The van der Waals surface area contributed by atoms with Crippen LogP contribution in [0.25, 0.3) is 0 Å². The Balaban J connectivity index is 1.42. The maximum atomic E-state index is 12.6. The van der Waals surface area contributed by atoms with Crippen LogP contribution in [0.2, 0.25) is 5.02 Å². The largest absolute Gasteiger partial charge is 0.489 e. The molecule has 0 radical (unpaired) electrons. The lowest BCUT2D eigenvalue weighted by molar-refractivity contribution is 0.102. The highest BCUT2D eigenvalue weighted by Crippen LogP contribution is 2.35. The number of amides is 1. The average Bonchev–Trinajstić information content (AvgIpc) is 3.22. The number of nitrogens with one attached hydrogen (secondary N) is 1. The Bertz CT molecular complexity index is 1070. The third-order valence-corrected chi connectivity index (χ3v) is 4.57. The predicted molar refractivity (Wildman–Crippen MR) is 112 cm³/mol. The molecule has 2 aromatic carbocycles. The SMILES string of the molecule is CCOc1ccc(Cl)c(C(=O)Nc2cccc(COc3ccc4c(c3)OCO4)c2)n1. The summed E-state index contributed by atoms with van der Waals surface area (Å²) in [6.07, 6.45) is 0. The van der Waals surface area contributed by atoms with Crippen molar-refractivity contribution in [2.45, 2.75) is 13.5 Å². The number of hydrogen-bond acceptors (Lipinski definition) is 6. The fourth-order valence-electron chi connectivity index (χ4n) is 2.87. The summed E-state index contributed by atoms with van der Waals surface area (Å²) in [6, 6.07) is 16.0. The van der Waals surface area contributed by atoms with Gasteiger partial charge in [0.2, 0.25) is 12.7 Å². The van der Waals surface area contributed by atoms with Gasteiger partial charge in [0.15, 0.2) is 17.2 Å². The Labute approximate surface area is 178 Å². The summed E-state index contributed by atoms with van der Waals surface area (Å²) in [7, 11) is 0. The van der Waals surface area contributed by atoms with Crippen LogP contribution in [0.4, 0.5) is 5.69 Å². The van der Waals surface area contributed by atoms with Crippen molar-refractivity contribution in [3.63, 3.8) is 0 Å². The molecule has 0 saturated heterocycles. The molecule has 7 nitrogen and oxygen atoms in total. The van der Waals surface area contributed by atoms with Crippen molar-refractivity contribution in [2.75, 3.05) is 18.7 Å². The Morgan fingerprint density at radius 1 is 1.10 bits per heavy atom. The van der Waals surface area contributed by atoms with E-state index in [1.54, 1.807) is 30.3 Å². The quantitative estimate of drug-likeness (QED) is 0.590. The molecule has 0 bridgehead atoms. The van der Waals surface area contributed by atoms with Crippen LogP contribution in [0.3, 0.4) is 0 Å². The highest BCUT2D eigenvalue weighted by Gasteiger charge is 2.15. The molecule has 0 spiro atoms. The van der Waals surface area contributed by atoms with Crippen LogP contribution in [-0.4, -0.2) is 24.3 Å². The van der Waals surface area contributed by atoms with E-state index < -0.39 is 5.91 Å². The maximum Gasteiger partial charge on any atom is 0.275 e. The van der Waals surface area contributed by atoms with E-state index in [0.717, 1.165) is 5.56 Å². The van der Waals surface area contributed by atoms with E-state index >= 15 is 0 Å². The zero-order valence-corrected chi connectivity index (χ0v) is 16.9. The number of rotatable bonds is 7. The second-order valence-electron chi connectivity index (χ2n) is 6.37. The molecule has 3 aromatic rings. The van der Waals surface area contributed by atoms with Crippen LogP contribution in [-0.2, 0) is 6.61 Å². The van der Waals surface area contributed by atoms with Crippen LogP contribution in [0.5, 0.6) is 23.1 Å². The molecule has 154 valence electrons. The van der Waals surface area contributed by atoms with E-state index in [-0.39, 0.29) is 17.5 Å². The average molecular weight is 427 g/mol. The number of fused-ring (bicyclic) bond motifs is 1. The summed E-state index contributed by atoms with van der Waals surface area (Å²) >= 11 is 6.13. The maximum absolute atomic E-state index is 12.6. The first-order valence-corrected chi connectivity index (χ1v) is 9.72. The molecule has 0 aliphatic carbocycles. The molecular weight excluding hydrogens is 408 g/mol. The molecule has 30 heavy (non-hydrogen) atoms. The first kappa shape index (κ1) is 19.8. The summed E-state index contributed by atoms with van der Waals surface area (Å²) in [4.78, 5) is 16.8. The van der Waals surface area contributed by atoms with Crippen LogP contribution in [0.1, 0.15) is 23.0 Å². The molecule has 4 rings (SSSR count). The summed E-state index contributed by atoms with van der Waals surface area (Å²) in [5, 5.41) is 3.06. The standard InChI is InChI=1S/C22H19ClN2O5/c1-2-27-20-9-7-17(23)21(25-20)22(26)24-15-5-3-4-14(10-15)12-28-16-6-8-18-19(11-16)30-13-29-18/h3-11H,2,12-13H2,1H3,(H,24,26). The van der Waals surface area contributed by atoms with Crippen LogP contribution < -0.4 is 24.3 Å². The van der Waals surface area contributed by atoms with Gasteiger partial charge in [-0.2, -0.15) is 0 Å². The minimum Gasteiger partial charge on any atom is -0.489 e. The number of carbonyl (C=O) groups is 1. The molecule has 0 unspecified atom stereocenters. The molecule has 0 fully saturated rings. The second kappa shape index (κ2) is 8.92. The van der Waals surface area contributed by atoms with Gasteiger partial charge in [-0.25, -0.2) is 4.98 Å². The number of aromatic nitrogens is 1. The summed E-state index contributed by atoms with van der Waals surface area (Å²) in [5.74, 6) is 1.95. The summed E-state index contributed by atoms with van der Waals surface area (Å²) in [5.41, 5.74) is 1.59. The Hall–Kier alpha value is -3.45. The number of nitrogens with zero attached hydrogens (tertiary/aromatic N) is 1. The van der Waals surface area contributed by atoms with E-state index in [2.05, 4.69) is 10.3 Å². The predicted octanol–water partition coefficient (Wildman–Crippen LogP) is 4.69. The van der Waals surface area contributed by atoms with Gasteiger partial charge in [-0.3, -0.25) is 4.79 Å². The lowest BCUT2D eigenvalue weighted by Gasteiger charge is -2.10. The van der Waals surface area contributed by atoms with Crippen molar-refractivity contribution in [1.29, 1.82) is 0 Å². The monoisotopic (exact) mass is 426 g/mol. The number of hydrogen-bond donors (Lipinski definition) is 1. The van der Waals surface area contributed by atoms with Crippen molar-refractivity contribution < 1.29 is 23.7 Å². The lowest BCUT2D eigenvalue weighted by atomic mass is 10.2. The fraction of sp³-hybridized carbons (Fsp3) is 0.182. The molecule has 2 heterocycles. The van der Waals surface area contributed by atoms with Gasteiger partial charge in [0.1, 0.15) is 12.4 Å². The first-order chi connectivity index (χ1) is 14.6. The van der Waals surface area contributed by atoms with Gasteiger partial charge in [0, 0.05) is 17.8 Å². The molecule has 1 aromatic heterocycles. The van der Waals surface area contributed by atoms with Gasteiger partial charge in [-0.15, -0.1) is 0 Å². The number of anilines is 1. The molecule has 1 aliphatic rings. The molecular formula is C22H19ClN2O5. The number of carbonyl (C=O) groups excluding carboxylic acids is 1. The van der Waals surface area contributed by atoms with E-state index in [1.165, 1.54) is 0 Å². The van der Waals surface area contributed by atoms with Crippen molar-refractivity contribution in [2.24, 2.45) is 0 Å². The van der Waals surface area contributed by atoms with Crippen molar-refractivity contribution in [3.8, 4) is 23.1 Å². The van der Waals surface area contributed by atoms with E-state index in [0.29, 0.717) is 42.0 Å². The van der Waals surface area contributed by atoms with Gasteiger partial charge in [0.05, 0.1) is 11.6 Å². The van der Waals surface area contributed by atoms with Crippen LogP contribution in [0.15, 0.2) is 54.6 Å². The van der Waals surface area contributed by atoms with E-state index in [9.17, 15) is 4.79 Å². The molecule has 8 heteroatoms. The topological polar surface area (TPSA) is 78.9 Å².